The second kappa shape index (κ2) is 7.51. The SMILES string of the molecule is O=C(O)CCCN1C(=O)/C(=C/C2COC3(CCCCC3)O2)SC1=S. The second-order valence-electron chi connectivity index (χ2n) is 6.29. The summed E-state index contributed by atoms with van der Waals surface area (Å²) in [5.41, 5.74) is 0. The summed E-state index contributed by atoms with van der Waals surface area (Å²) in [4.78, 5) is 25.1. The van der Waals surface area contributed by atoms with Crippen LogP contribution in [0, 0.1) is 0 Å². The third-order valence-electron chi connectivity index (χ3n) is 4.48. The van der Waals surface area contributed by atoms with Crippen molar-refractivity contribution in [1.82, 2.24) is 4.90 Å². The number of aliphatic carboxylic acids is 1. The maximum atomic E-state index is 12.5. The van der Waals surface area contributed by atoms with Crippen LogP contribution >= 0.6 is 24.0 Å². The number of carbonyl (C=O) groups excluding carboxylic acids is 1. The fraction of sp³-hybridized carbons (Fsp3) is 0.688. The van der Waals surface area contributed by atoms with Gasteiger partial charge in [0.25, 0.3) is 5.91 Å². The Bertz CT molecular complexity index is 571. The van der Waals surface area contributed by atoms with Crippen molar-refractivity contribution >= 4 is 40.2 Å². The Morgan fingerprint density at radius 3 is 2.88 bits per heavy atom. The van der Waals surface area contributed by atoms with Gasteiger partial charge in [0.1, 0.15) is 10.4 Å². The zero-order valence-electron chi connectivity index (χ0n) is 13.4. The van der Waals surface area contributed by atoms with E-state index in [1.54, 1.807) is 6.08 Å². The first-order valence-electron chi connectivity index (χ1n) is 8.28. The molecule has 1 amide bonds. The Morgan fingerprint density at radius 2 is 2.17 bits per heavy atom. The Morgan fingerprint density at radius 1 is 1.42 bits per heavy atom. The van der Waals surface area contributed by atoms with Gasteiger partial charge in [-0.3, -0.25) is 14.5 Å². The Hall–Kier alpha value is -0.960. The molecule has 2 heterocycles. The number of thioether (sulfide) groups is 1. The summed E-state index contributed by atoms with van der Waals surface area (Å²) in [5.74, 6) is -1.50. The Kier molecular flexibility index (Phi) is 5.59. The van der Waals surface area contributed by atoms with Crippen LogP contribution in [0.1, 0.15) is 44.9 Å². The lowest BCUT2D eigenvalue weighted by Crippen LogP contribution is -2.33. The summed E-state index contributed by atoms with van der Waals surface area (Å²) in [7, 11) is 0. The number of carbonyl (C=O) groups is 2. The molecule has 1 atom stereocenters. The molecule has 6 nitrogen and oxygen atoms in total. The molecule has 8 heteroatoms. The molecule has 0 bridgehead atoms. The molecule has 132 valence electrons. The van der Waals surface area contributed by atoms with Crippen LogP contribution in [-0.2, 0) is 19.1 Å². The molecule has 0 aromatic rings. The number of ether oxygens (including phenoxy) is 2. The van der Waals surface area contributed by atoms with Crippen LogP contribution in [-0.4, -0.2) is 51.2 Å². The highest BCUT2D eigenvalue weighted by Gasteiger charge is 2.42. The fourth-order valence-corrected chi connectivity index (χ4v) is 4.61. The molecule has 2 saturated heterocycles. The van der Waals surface area contributed by atoms with Gasteiger partial charge >= 0.3 is 5.97 Å². The maximum absolute atomic E-state index is 12.5. The number of hydrogen-bond acceptors (Lipinski definition) is 6. The van der Waals surface area contributed by atoms with Gasteiger partial charge in [0.05, 0.1) is 11.5 Å². The van der Waals surface area contributed by atoms with E-state index in [4.69, 9.17) is 26.8 Å². The standard InChI is InChI=1S/C16H21NO5S2/c18-13(19)5-4-8-17-14(20)12(24-15(17)23)9-11-10-21-16(22-11)6-2-1-3-7-16/h9,11H,1-8,10H2,(H,18,19)/b12-9-. The number of nitrogens with zero attached hydrogens (tertiary/aromatic N) is 1. The number of carboxylic acids is 1. The van der Waals surface area contributed by atoms with E-state index < -0.39 is 11.8 Å². The van der Waals surface area contributed by atoms with E-state index in [-0.39, 0.29) is 18.4 Å². The lowest BCUT2D eigenvalue weighted by Gasteiger charge is -2.31. The molecule has 1 unspecified atom stereocenters. The van der Waals surface area contributed by atoms with Crippen molar-refractivity contribution in [3.05, 3.63) is 11.0 Å². The molecule has 1 aliphatic carbocycles. The van der Waals surface area contributed by atoms with Gasteiger partial charge in [-0.2, -0.15) is 0 Å². The van der Waals surface area contributed by atoms with Gasteiger partial charge in [-0.05, 0) is 25.3 Å². The highest BCUT2D eigenvalue weighted by molar-refractivity contribution is 8.26. The topological polar surface area (TPSA) is 76.1 Å². The summed E-state index contributed by atoms with van der Waals surface area (Å²) in [6, 6.07) is 0. The quantitative estimate of drug-likeness (QED) is 0.588. The molecule has 1 spiro atoms. The van der Waals surface area contributed by atoms with Gasteiger partial charge in [0.2, 0.25) is 0 Å². The van der Waals surface area contributed by atoms with E-state index >= 15 is 0 Å². The smallest absolute Gasteiger partial charge is 0.303 e. The van der Waals surface area contributed by atoms with Gasteiger partial charge in [-0.1, -0.05) is 30.4 Å². The predicted molar refractivity (Wildman–Crippen MR) is 93.5 cm³/mol. The number of hydrogen-bond donors (Lipinski definition) is 1. The summed E-state index contributed by atoms with van der Waals surface area (Å²) in [5, 5.41) is 8.70. The predicted octanol–water partition coefficient (Wildman–Crippen LogP) is 2.67. The van der Waals surface area contributed by atoms with Gasteiger partial charge in [-0.25, -0.2) is 0 Å². The number of thiocarbonyl (C=S) groups is 1. The average molecular weight is 371 g/mol. The molecule has 3 aliphatic rings. The fourth-order valence-electron chi connectivity index (χ4n) is 3.28. The van der Waals surface area contributed by atoms with Crippen molar-refractivity contribution in [3.8, 4) is 0 Å². The zero-order valence-corrected chi connectivity index (χ0v) is 15.0. The van der Waals surface area contributed by atoms with Gasteiger partial charge in [-0.15, -0.1) is 0 Å². The van der Waals surface area contributed by atoms with Crippen molar-refractivity contribution in [1.29, 1.82) is 0 Å². The van der Waals surface area contributed by atoms with Crippen molar-refractivity contribution in [2.24, 2.45) is 0 Å². The molecule has 1 N–H and O–H groups in total. The molecule has 0 aromatic heterocycles. The van der Waals surface area contributed by atoms with Crippen molar-refractivity contribution in [2.75, 3.05) is 13.2 Å². The lowest BCUT2D eigenvalue weighted by atomic mass is 9.94. The Labute approximate surface area is 150 Å². The number of amides is 1. The first-order chi connectivity index (χ1) is 11.5. The normalized spacial score (nSPS) is 28.2. The summed E-state index contributed by atoms with van der Waals surface area (Å²) in [6.45, 7) is 0.795. The molecule has 3 rings (SSSR count). The first-order valence-corrected chi connectivity index (χ1v) is 9.51. The zero-order chi connectivity index (χ0) is 17.2. The third-order valence-corrected chi connectivity index (χ3v) is 5.87. The van der Waals surface area contributed by atoms with Gasteiger partial charge in [0.15, 0.2) is 5.79 Å². The Balaban J connectivity index is 1.59. The van der Waals surface area contributed by atoms with Crippen molar-refractivity contribution in [3.63, 3.8) is 0 Å². The molecule has 0 aromatic carbocycles. The molecule has 2 aliphatic heterocycles. The first kappa shape index (κ1) is 17.8. The maximum Gasteiger partial charge on any atom is 0.303 e. The van der Waals surface area contributed by atoms with Crippen LogP contribution in [0.3, 0.4) is 0 Å². The minimum Gasteiger partial charge on any atom is -0.481 e. The van der Waals surface area contributed by atoms with Crippen LogP contribution in [0.15, 0.2) is 11.0 Å². The van der Waals surface area contributed by atoms with Crippen molar-refractivity contribution < 1.29 is 24.2 Å². The second-order valence-corrected chi connectivity index (χ2v) is 7.97. The van der Waals surface area contributed by atoms with Crippen LogP contribution < -0.4 is 0 Å². The molecule has 3 fully saturated rings. The van der Waals surface area contributed by atoms with E-state index in [9.17, 15) is 9.59 Å². The van der Waals surface area contributed by atoms with Crippen LogP contribution in [0.5, 0.6) is 0 Å². The summed E-state index contributed by atoms with van der Waals surface area (Å²) in [6.07, 6.45) is 7.25. The van der Waals surface area contributed by atoms with E-state index in [1.807, 2.05) is 0 Å². The highest BCUT2D eigenvalue weighted by Crippen LogP contribution is 2.39. The minimum atomic E-state index is -0.870. The van der Waals surface area contributed by atoms with Crippen LogP contribution in [0.2, 0.25) is 0 Å². The summed E-state index contributed by atoms with van der Waals surface area (Å²) < 4.78 is 12.4. The minimum absolute atomic E-state index is 0.0260. The van der Waals surface area contributed by atoms with Crippen LogP contribution in [0.25, 0.3) is 0 Å². The van der Waals surface area contributed by atoms with Crippen molar-refractivity contribution in [2.45, 2.75) is 56.8 Å². The number of carboxylic acid groups (broad SMARTS) is 1. The largest absolute Gasteiger partial charge is 0.481 e. The molecule has 1 saturated carbocycles. The monoisotopic (exact) mass is 371 g/mol. The van der Waals surface area contributed by atoms with Gasteiger partial charge < -0.3 is 14.6 Å². The molecular formula is C16H21NO5S2. The third kappa shape index (κ3) is 3.99. The van der Waals surface area contributed by atoms with E-state index in [0.29, 0.717) is 28.8 Å². The highest BCUT2D eigenvalue weighted by atomic mass is 32.2. The van der Waals surface area contributed by atoms with Crippen LogP contribution in [0.4, 0.5) is 0 Å². The van der Waals surface area contributed by atoms with E-state index in [1.165, 1.54) is 23.1 Å². The van der Waals surface area contributed by atoms with E-state index in [0.717, 1.165) is 25.7 Å². The molecule has 24 heavy (non-hydrogen) atoms. The lowest BCUT2D eigenvalue weighted by molar-refractivity contribution is -0.183. The average Bonchev–Trinajstić information content (AvgIpc) is 3.04. The molecule has 0 radical (unpaired) electrons. The molecular weight excluding hydrogens is 350 g/mol. The summed E-state index contributed by atoms with van der Waals surface area (Å²) >= 11 is 6.49. The van der Waals surface area contributed by atoms with Gasteiger partial charge in [0, 0.05) is 25.8 Å². The van der Waals surface area contributed by atoms with E-state index in [2.05, 4.69) is 0 Å². The number of rotatable bonds is 5.